The number of rotatable bonds is 9. The van der Waals surface area contributed by atoms with Crippen LogP contribution in [-0.2, 0) is 18.3 Å². The van der Waals surface area contributed by atoms with Crippen molar-refractivity contribution in [1.82, 2.24) is 24.5 Å². The lowest BCUT2D eigenvalue weighted by molar-refractivity contribution is 0.00539. The first-order chi connectivity index (χ1) is 18.0. The van der Waals surface area contributed by atoms with Crippen LogP contribution in [0.3, 0.4) is 0 Å². The van der Waals surface area contributed by atoms with Gasteiger partial charge in [0, 0.05) is 37.2 Å². The molecule has 2 N–H and O–H groups in total. The highest BCUT2D eigenvalue weighted by Crippen LogP contribution is 2.40. The van der Waals surface area contributed by atoms with Crippen LogP contribution in [0.15, 0.2) is 58.4 Å². The van der Waals surface area contributed by atoms with E-state index in [0.29, 0.717) is 11.6 Å². The van der Waals surface area contributed by atoms with Gasteiger partial charge in [-0.05, 0) is 31.0 Å². The third-order valence-corrected chi connectivity index (χ3v) is 6.81. The molecule has 12 heteroatoms. The Labute approximate surface area is 224 Å². The normalized spacial score (nSPS) is 13.3. The quantitative estimate of drug-likeness (QED) is 0.325. The predicted molar refractivity (Wildman–Crippen MR) is 141 cm³/mol. The Morgan fingerprint density at radius 2 is 2.03 bits per heavy atom. The van der Waals surface area contributed by atoms with Crippen molar-refractivity contribution in [3.8, 4) is 5.75 Å². The fourth-order valence-corrected chi connectivity index (χ4v) is 4.58. The number of aromatic hydroxyl groups is 1. The largest absolute Gasteiger partial charge is 0.501 e. The Morgan fingerprint density at radius 3 is 2.68 bits per heavy atom. The first-order valence-electron chi connectivity index (χ1n) is 11.8. The summed E-state index contributed by atoms with van der Waals surface area (Å²) in [5, 5.41) is 21.6. The van der Waals surface area contributed by atoms with Crippen molar-refractivity contribution in [2.24, 2.45) is 7.05 Å². The van der Waals surface area contributed by atoms with Crippen molar-refractivity contribution in [2.75, 3.05) is 12.4 Å². The zero-order chi connectivity index (χ0) is 27.6. The van der Waals surface area contributed by atoms with Crippen LogP contribution in [0.2, 0.25) is 5.02 Å². The van der Waals surface area contributed by atoms with Gasteiger partial charge in [-0.15, -0.1) is 0 Å². The molecule has 0 aliphatic heterocycles. The average molecular weight is 541 g/mol. The van der Waals surface area contributed by atoms with E-state index in [4.69, 9.17) is 20.9 Å². The van der Waals surface area contributed by atoms with Crippen LogP contribution in [0.5, 0.6) is 5.75 Å². The summed E-state index contributed by atoms with van der Waals surface area (Å²) in [6, 6.07) is 7.40. The molecule has 11 nitrogen and oxygen atoms in total. The number of methoxy groups -OCH3 is 1. The maximum atomic E-state index is 13.0. The van der Waals surface area contributed by atoms with E-state index in [-0.39, 0.29) is 17.4 Å². The van der Waals surface area contributed by atoms with Gasteiger partial charge < -0.3 is 19.7 Å². The fraction of sp³-hybridized carbons (Fsp3) is 0.346. The number of hydrogen-bond acceptors (Lipinski definition) is 8. The Morgan fingerprint density at radius 1 is 1.29 bits per heavy atom. The zero-order valence-corrected chi connectivity index (χ0v) is 22.4. The molecule has 2 unspecified atom stereocenters. The topological polar surface area (TPSA) is 137 Å². The third-order valence-electron chi connectivity index (χ3n) is 6.46. The average Bonchev–Trinajstić information content (AvgIpc) is 3.56. The Kier molecular flexibility index (Phi) is 7.70. The number of nitrogens with zero attached hydrogens (tertiary/aromatic N) is 5. The highest BCUT2D eigenvalue weighted by Gasteiger charge is 2.31. The van der Waals surface area contributed by atoms with Crippen molar-refractivity contribution in [1.29, 1.82) is 0 Å². The van der Waals surface area contributed by atoms with E-state index >= 15 is 0 Å². The van der Waals surface area contributed by atoms with Gasteiger partial charge in [0.05, 0.1) is 24.5 Å². The molecule has 3 aromatic heterocycles. The summed E-state index contributed by atoms with van der Waals surface area (Å²) >= 11 is 6.64. The van der Waals surface area contributed by atoms with E-state index in [1.807, 2.05) is 45.2 Å². The minimum absolute atomic E-state index is 0.256. The molecule has 0 aliphatic rings. The van der Waals surface area contributed by atoms with E-state index < -0.39 is 34.4 Å². The van der Waals surface area contributed by atoms with Gasteiger partial charge in [0.2, 0.25) is 5.75 Å². The van der Waals surface area contributed by atoms with Crippen molar-refractivity contribution in [2.45, 2.75) is 44.8 Å². The zero-order valence-electron chi connectivity index (χ0n) is 21.7. The Bertz CT molecular complexity index is 1490. The standard InChI is InChI=1S/C26H29ClN6O5/c1-15(23-31-21(22(34)25(36)32(23)4)24(35)30-17-11-29-38-13-17)20(18-8-6-7-9-19(18)27)16-10-28-33(12-16)14-26(2,3)37-5/h6-13,15,20,34H,14H2,1-5H3,(H,30,35). The molecule has 2 atom stereocenters. The number of carbonyl (C=O) groups excluding carboxylic acids is 1. The smallest absolute Gasteiger partial charge is 0.296 e. The van der Waals surface area contributed by atoms with Gasteiger partial charge in [0.25, 0.3) is 11.5 Å². The summed E-state index contributed by atoms with van der Waals surface area (Å²) in [7, 11) is 3.14. The summed E-state index contributed by atoms with van der Waals surface area (Å²) in [6.07, 6.45) is 6.16. The summed E-state index contributed by atoms with van der Waals surface area (Å²) in [5.41, 5.74) is 0.274. The van der Waals surface area contributed by atoms with Crippen molar-refractivity contribution >= 4 is 23.2 Å². The van der Waals surface area contributed by atoms with E-state index in [9.17, 15) is 14.7 Å². The van der Waals surface area contributed by atoms with E-state index in [0.717, 1.165) is 11.1 Å². The van der Waals surface area contributed by atoms with Gasteiger partial charge in [0.1, 0.15) is 17.8 Å². The summed E-state index contributed by atoms with van der Waals surface area (Å²) in [4.78, 5) is 30.3. The SMILES string of the molecule is COC(C)(C)Cn1cc(C(c2ccccc2Cl)C(C)c2nc(C(=O)Nc3cnoc3)c(O)c(=O)n2C)cn1. The summed E-state index contributed by atoms with van der Waals surface area (Å²) in [5.74, 6) is -2.12. The van der Waals surface area contributed by atoms with Gasteiger partial charge in [-0.2, -0.15) is 5.10 Å². The molecular formula is C26H29ClN6O5. The van der Waals surface area contributed by atoms with Gasteiger partial charge in [-0.1, -0.05) is 41.9 Å². The van der Waals surface area contributed by atoms with E-state index in [1.54, 1.807) is 24.1 Å². The minimum Gasteiger partial charge on any atom is -0.501 e. The highest BCUT2D eigenvalue weighted by atomic mass is 35.5. The maximum Gasteiger partial charge on any atom is 0.296 e. The molecular weight excluding hydrogens is 512 g/mol. The molecule has 38 heavy (non-hydrogen) atoms. The number of ether oxygens (including phenoxy) is 1. The van der Waals surface area contributed by atoms with Crippen LogP contribution < -0.4 is 10.9 Å². The fourth-order valence-electron chi connectivity index (χ4n) is 4.32. The van der Waals surface area contributed by atoms with Crippen LogP contribution >= 0.6 is 11.6 Å². The molecule has 0 spiro atoms. The Balaban J connectivity index is 1.80. The number of amides is 1. The second-order valence-electron chi connectivity index (χ2n) is 9.62. The minimum atomic E-state index is -0.777. The highest BCUT2D eigenvalue weighted by molar-refractivity contribution is 6.31. The molecule has 0 saturated heterocycles. The van der Waals surface area contributed by atoms with Crippen LogP contribution in [0.4, 0.5) is 5.69 Å². The molecule has 0 saturated carbocycles. The summed E-state index contributed by atoms with van der Waals surface area (Å²) in [6.45, 7) is 6.32. The van der Waals surface area contributed by atoms with Gasteiger partial charge in [0.15, 0.2) is 5.69 Å². The van der Waals surface area contributed by atoms with Crippen molar-refractivity contribution < 1.29 is 19.2 Å². The van der Waals surface area contributed by atoms with Gasteiger partial charge in [-0.3, -0.25) is 18.8 Å². The second kappa shape index (κ2) is 10.8. The van der Waals surface area contributed by atoms with Crippen LogP contribution in [0.1, 0.15) is 60.0 Å². The lowest BCUT2D eigenvalue weighted by atomic mass is 9.82. The molecule has 4 rings (SSSR count). The monoisotopic (exact) mass is 540 g/mol. The van der Waals surface area contributed by atoms with Gasteiger partial charge in [-0.25, -0.2) is 4.98 Å². The molecule has 3 heterocycles. The number of aromatic nitrogens is 5. The molecule has 200 valence electrons. The molecule has 1 aromatic carbocycles. The number of nitrogens with one attached hydrogen (secondary N) is 1. The van der Waals surface area contributed by atoms with Crippen LogP contribution in [-0.4, -0.2) is 48.2 Å². The number of benzene rings is 1. The Hall–Kier alpha value is -3.96. The second-order valence-corrected chi connectivity index (χ2v) is 10.0. The first kappa shape index (κ1) is 27.1. The lowest BCUT2D eigenvalue weighted by Crippen LogP contribution is -2.29. The van der Waals surface area contributed by atoms with E-state index in [1.165, 1.54) is 24.1 Å². The summed E-state index contributed by atoms with van der Waals surface area (Å²) < 4.78 is 13.3. The van der Waals surface area contributed by atoms with Crippen LogP contribution in [0.25, 0.3) is 0 Å². The van der Waals surface area contributed by atoms with Gasteiger partial charge >= 0.3 is 0 Å². The van der Waals surface area contributed by atoms with Crippen LogP contribution in [0, 0.1) is 0 Å². The number of anilines is 1. The third kappa shape index (κ3) is 5.48. The number of hydrogen-bond donors (Lipinski definition) is 2. The lowest BCUT2D eigenvalue weighted by Gasteiger charge is -2.26. The molecule has 0 bridgehead atoms. The van der Waals surface area contributed by atoms with E-state index in [2.05, 4.69) is 20.6 Å². The number of carbonyl (C=O) groups is 1. The molecule has 1 amide bonds. The molecule has 0 fully saturated rings. The van der Waals surface area contributed by atoms with Crippen molar-refractivity contribution in [3.05, 3.63) is 87.1 Å². The molecule has 4 aromatic rings. The maximum absolute atomic E-state index is 13.0. The number of halogens is 1. The molecule has 0 aliphatic carbocycles. The van der Waals surface area contributed by atoms with Crippen molar-refractivity contribution in [3.63, 3.8) is 0 Å². The predicted octanol–water partition coefficient (Wildman–Crippen LogP) is 3.94. The molecule has 0 radical (unpaired) electrons. The first-order valence-corrected chi connectivity index (χ1v) is 12.2.